The van der Waals surface area contributed by atoms with Gasteiger partial charge in [-0.1, -0.05) is 0 Å². The Kier molecular flexibility index (Phi) is 7.86. The Bertz CT molecular complexity index is 958. The molecule has 0 saturated carbocycles. The number of likely N-dealkylation sites (N-methyl/N-ethyl adjacent to an activating group) is 1. The predicted octanol–water partition coefficient (Wildman–Crippen LogP) is 2.48. The fraction of sp³-hybridized carbons (Fsp3) is 0.636. The molecule has 1 fully saturated rings. The van der Waals surface area contributed by atoms with Gasteiger partial charge in [0, 0.05) is 37.6 Å². The van der Waals surface area contributed by atoms with E-state index in [2.05, 4.69) is 35.7 Å². The number of rotatable bonds is 6. The third-order valence-electron chi connectivity index (χ3n) is 6.44. The number of aryl methyl sites for hydroxylation is 1. The second-order valence-electron chi connectivity index (χ2n) is 9.45. The molecule has 2 aromatic rings. The van der Waals surface area contributed by atoms with Crippen molar-refractivity contribution in [3.8, 4) is 0 Å². The average Bonchev–Trinajstić information content (AvgIpc) is 3.26. The molecule has 11 heteroatoms. The smallest absolute Gasteiger partial charge is 0.318 e. The third kappa shape index (κ3) is 5.42. The number of urea groups is 1. The number of aromatic nitrogens is 4. The number of amides is 2. The molecule has 3 N–H and O–H groups in total. The van der Waals surface area contributed by atoms with E-state index in [0.29, 0.717) is 29.9 Å². The summed E-state index contributed by atoms with van der Waals surface area (Å²) < 4.78 is 5.53. The summed E-state index contributed by atoms with van der Waals surface area (Å²) in [5, 5.41) is 14.2. The lowest BCUT2D eigenvalue weighted by molar-refractivity contribution is 0.0489. The van der Waals surface area contributed by atoms with E-state index in [0.717, 1.165) is 43.9 Å². The number of carbonyl (C=O) groups excluding carboxylic acids is 1. The van der Waals surface area contributed by atoms with Crippen LogP contribution in [0.25, 0.3) is 0 Å². The van der Waals surface area contributed by atoms with Crippen LogP contribution in [0.4, 0.5) is 16.4 Å². The lowest BCUT2D eigenvalue weighted by Crippen LogP contribution is -2.54. The number of nitrogens with zero attached hydrogens (tertiary/aromatic N) is 5. The van der Waals surface area contributed by atoms with Crippen LogP contribution < -0.4 is 10.6 Å². The van der Waals surface area contributed by atoms with Gasteiger partial charge in [0.15, 0.2) is 5.82 Å². The van der Waals surface area contributed by atoms with Crippen LogP contribution in [0, 0.1) is 12.8 Å². The molecule has 2 aliphatic rings. The Balaban J connectivity index is 0.00000306. The van der Waals surface area contributed by atoms with Crippen LogP contribution in [0.1, 0.15) is 43.8 Å². The first-order valence-corrected chi connectivity index (χ1v) is 11.2. The van der Waals surface area contributed by atoms with Gasteiger partial charge in [0.2, 0.25) is 0 Å². The van der Waals surface area contributed by atoms with Crippen LogP contribution in [-0.2, 0) is 16.8 Å². The summed E-state index contributed by atoms with van der Waals surface area (Å²) in [5.74, 6) is 2.47. The lowest BCUT2D eigenvalue weighted by atomic mass is 9.91. The number of carbonyl (C=O) groups is 1. The van der Waals surface area contributed by atoms with Gasteiger partial charge in [-0.3, -0.25) is 5.10 Å². The van der Waals surface area contributed by atoms with E-state index in [1.54, 1.807) is 12.3 Å². The van der Waals surface area contributed by atoms with Gasteiger partial charge in [-0.05, 0) is 59.7 Å². The van der Waals surface area contributed by atoms with Crippen molar-refractivity contribution in [1.82, 2.24) is 35.3 Å². The van der Waals surface area contributed by atoms with Crippen molar-refractivity contribution in [1.29, 1.82) is 0 Å². The largest absolute Gasteiger partial charge is 0.381 e. The molecule has 2 amide bonds. The van der Waals surface area contributed by atoms with Crippen LogP contribution in [0.5, 0.6) is 0 Å². The summed E-state index contributed by atoms with van der Waals surface area (Å²) >= 11 is 0. The third-order valence-corrected chi connectivity index (χ3v) is 6.44. The first-order valence-electron chi connectivity index (χ1n) is 11.2. The molecule has 2 aliphatic heterocycles. The summed E-state index contributed by atoms with van der Waals surface area (Å²) in [6.45, 7) is 8.73. The Morgan fingerprint density at radius 2 is 2.09 bits per heavy atom. The van der Waals surface area contributed by atoms with Crippen molar-refractivity contribution >= 4 is 31.2 Å². The van der Waals surface area contributed by atoms with E-state index >= 15 is 0 Å². The topological polar surface area (TPSA) is 111 Å². The van der Waals surface area contributed by atoms with Crippen LogP contribution in [0.15, 0.2) is 12.3 Å². The number of aromatic amines is 1. The van der Waals surface area contributed by atoms with Crippen LogP contribution in [-0.4, -0.2) is 75.9 Å². The molecule has 0 bridgehead atoms. The second-order valence-corrected chi connectivity index (χ2v) is 9.45. The normalized spacial score (nSPS) is 18.5. The summed E-state index contributed by atoms with van der Waals surface area (Å²) in [7, 11) is 4.09. The summed E-state index contributed by atoms with van der Waals surface area (Å²) in [6, 6.07) is 1.83. The minimum Gasteiger partial charge on any atom is -0.381 e. The number of H-pyrrole nitrogens is 1. The van der Waals surface area contributed by atoms with E-state index in [1.807, 2.05) is 39.8 Å². The molecule has 0 aliphatic carbocycles. The van der Waals surface area contributed by atoms with E-state index in [-0.39, 0.29) is 25.6 Å². The van der Waals surface area contributed by atoms with E-state index < -0.39 is 5.54 Å². The minimum absolute atomic E-state index is 0. The number of hydrogen-bond donors (Lipinski definition) is 3. The molecule has 0 aromatic carbocycles. The minimum atomic E-state index is -0.508. The van der Waals surface area contributed by atoms with Gasteiger partial charge in [-0.2, -0.15) is 18.6 Å². The number of anilines is 2. The molecule has 4 rings (SSSR count). The zero-order valence-electron chi connectivity index (χ0n) is 20.1. The van der Waals surface area contributed by atoms with Gasteiger partial charge in [-0.15, -0.1) is 0 Å². The fourth-order valence-corrected chi connectivity index (χ4v) is 4.65. The molecule has 0 unspecified atom stereocenters. The van der Waals surface area contributed by atoms with Gasteiger partial charge >= 0.3 is 6.03 Å². The number of fused-ring (bicyclic) bond motifs is 1. The highest BCUT2D eigenvalue weighted by atomic mass is 32.1. The first-order chi connectivity index (χ1) is 15.3. The Morgan fingerprint density at radius 1 is 1.36 bits per heavy atom. The Labute approximate surface area is 202 Å². The maximum atomic E-state index is 13.5. The van der Waals surface area contributed by atoms with Gasteiger partial charge in [0.25, 0.3) is 0 Å². The van der Waals surface area contributed by atoms with Crippen molar-refractivity contribution in [2.75, 3.05) is 39.2 Å². The molecule has 182 valence electrons. The van der Waals surface area contributed by atoms with Gasteiger partial charge in [-0.25, -0.2) is 14.8 Å². The number of hydrogen-bond acceptors (Lipinski definition) is 7. The number of nitrogens with one attached hydrogen (secondary N) is 3. The second kappa shape index (κ2) is 10.3. The highest BCUT2D eigenvalue weighted by Crippen LogP contribution is 2.41. The SMILES string of the molecule is Cc1nccc(Nc2n[nH]c3c2CN(C(=O)N[C@H](CN(C)C)C2CCOCC2)C3(C)C)n1.S. The standard InChI is InChI=1S/C22H34N8O2.H2S/c1-14-23-9-6-18(24-14)26-20-16-12-30(22(2,3)19(16)27-28-20)21(31)25-17(13-29(4)5)15-7-10-32-11-8-15;/h6,9,15,17H,7-8,10-13H2,1-5H3,(H,25,31)(H2,23,24,26,27,28);1H2/t17-;/m1./s1. The van der Waals surface area contributed by atoms with Crippen LogP contribution in [0.2, 0.25) is 0 Å². The molecule has 2 aromatic heterocycles. The highest BCUT2D eigenvalue weighted by molar-refractivity contribution is 7.59. The summed E-state index contributed by atoms with van der Waals surface area (Å²) in [6.07, 6.45) is 3.65. The van der Waals surface area contributed by atoms with Crippen molar-refractivity contribution in [3.63, 3.8) is 0 Å². The molecular weight excluding hydrogens is 440 g/mol. The quantitative estimate of drug-likeness (QED) is 0.587. The molecule has 10 nitrogen and oxygen atoms in total. The van der Waals surface area contributed by atoms with Gasteiger partial charge in [0.05, 0.1) is 17.8 Å². The molecule has 0 radical (unpaired) electrons. The molecule has 0 spiro atoms. The zero-order chi connectivity index (χ0) is 22.9. The number of ether oxygens (including phenoxy) is 1. The monoisotopic (exact) mass is 476 g/mol. The van der Waals surface area contributed by atoms with Crippen molar-refractivity contribution in [2.24, 2.45) is 5.92 Å². The summed E-state index contributed by atoms with van der Waals surface area (Å²) in [4.78, 5) is 26.0. The van der Waals surface area contributed by atoms with Crippen molar-refractivity contribution < 1.29 is 9.53 Å². The maximum Gasteiger partial charge on any atom is 0.318 e. The summed E-state index contributed by atoms with van der Waals surface area (Å²) in [5.41, 5.74) is 1.42. The lowest BCUT2D eigenvalue weighted by Gasteiger charge is -2.37. The molecule has 4 heterocycles. The van der Waals surface area contributed by atoms with E-state index in [9.17, 15) is 4.79 Å². The Morgan fingerprint density at radius 3 is 2.76 bits per heavy atom. The van der Waals surface area contributed by atoms with Gasteiger partial charge in [0.1, 0.15) is 11.6 Å². The zero-order valence-corrected chi connectivity index (χ0v) is 21.1. The van der Waals surface area contributed by atoms with E-state index in [1.165, 1.54) is 0 Å². The van der Waals surface area contributed by atoms with E-state index in [4.69, 9.17) is 4.74 Å². The Hall–Kier alpha value is -2.37. The van der Waals surface area contributed by atoms with Gasteiger partial charge < -0.3 is 25.2 Å². The fourth-order valence-electron chi connectivity index (χ4n) is 4.65. The molecule has 1 saturated heterocycles. The maximum absolute atomic E-state index is 13.5. The highest BCUT2D eigenvalue weighted by Gasteiger charge is 2.44. The average molecular weight is 477 g/mol. The van der Waals surface area contributed by atoms with Crippen molar-refractivity contribution in [3.05, 3.63) is 29.3 Å². The molecule has 1 atom stereocenters. The molecule has 33 heavy (non-hydrogen) atoms. The predicted molar refractivity (Wildman–Crippen MR) is 132 cm³/mol. The molecular formula is C22H36N8O2S. The van der Waals surface area contributed by atoms with Crippen molar-refractivity contribution in [2.45, 2.75) is 51.7 Å². The first kappa shape index (κ1) is 25.3. The van der Waals surface area contributed by atoms with Crippen LogP contribution in [0.3, 0.4) is 0 Å². The van der Waals surface area contributed by atoms with Crippen LogP contribution >= 0.6 is 13.5 Å².